The minimum absolute atomic E-state index is 0.114. The Morgan fingerprint density at radius 1 is 0.923 bits per heavy atom. The lowest BCUT2D eigenvalue weighted by molar-refractivity contribution is 0.475. The van der Waals surface area contributed by atoms with Gasteiger partial charge >= 0.3 is 0 Å². The standard InChI is InChI=1S/C21H31NO3S/c1-13(2)17-10-19(14(3)4)21(20(11-17)15(5)6)26(23,24)22-12-18-9-8-16(7)25-18/h8-11,13-15,22H,12H2,1-7H3. The molecule has 1 N–H and O–H groups in total. The van der Waals surface area contributed by atoms with Crippen LogP contribution in [0.1, 0.15) is 87.5 Å². The quantitative estimate of drug-likeness (QED) is 0.699. The average molecular weight is 378 g/mol. The van der Waals surface area contributed by atoms with Crippen LogP contribution in [0.25, 0.3) is 0 Å². The van der Waals surface area contributed by atoms with E-state index >= 15 is 0 Å². The minimum Gasteiger partial charge on any atom is -0.465 e. The van der Waals surface area contributed by atoms with E-state index < -0.39 is 10.0 Å². The third-order valence-corrected chi connectivity index (χ3v) is 6.11. The Kier molecular flexibility index (Phi) is 6.35. The number of sulfonamides is 1. The highest BCUT2D eigenvalue weighted by atomic mass is 32.2. The van der Waals surface area contributed by atoms with E-state index in [-0.39, 0.29) is 18.4 Å². The Balaban J connectivity index is 2.53. The van der Waals surface area contributed by atoms with Crippen LogP contribution in [-0.2, 0) is 16.6 Å². The van der Waals surface area contributed by atoms with Crippen LogP contribution < -0.4 is 4.72 Å². The highest BCUT2D eigenvalue weighted by Crippen LogP contribution is 2.35. The van der Waals surface area contributed by atoms with E-state index in [1.54, 1.807) is 6.07 Å². The lowest BCUT2D eigenvalue weighted by Crippen LogP contribution is -2.26. The van der Waals surface area contributed by atoms with Gasteiger partial charge in [0.1, 0.15) is 11.5 Å². The molecule has 4 nitrogen and oxygen atoms in total. The van der Waals surface area contributed by atoms with E-state index in [1.807, 2.05) is 52.8 Å². The second-order valence-corrected chi connectivity index (χ2v) is 9.53. The number of benzene rings is 1. The molecule has 0 aliphatic rings. The number of furan rings is 1. The first-order chi connectivity index (χ1) is 12.0. The number of hydrogen-bond acceptors (Lipinski definition) is 3. The maximum atomic E-state index is 13.2. The molecule has 1 aromatic heterocycles. The van der Waals surface area contributed by atoms with Crippen molar-refractivity contribution in [1.82, 2.24) is 4.72 Å². The lowest BCUT2D eigenvalue weighted by Gasteiger charge is -2.22. The summed E-state index contributed by atoms with van der Waals surface area (Å²) in [6.07, 6.45) is 0. The normalized spacial score (nSPS) is 12.5. The highest BCUT2D eigenvalue weighted by molar-refractivity contribution is 7.89. The van der Waals surface area contributed by atoms with Gasteiger partial charge in [0.15, 0.2) is 0 Å². The molecule has 0 atom stereocenters. The van der Waals surface area contributed by atoms with E-state index in [1.165, 1.54) is 5.56 Å². The maximum absolute atomic E-state index is 13.2. The Bertz CT molecular complexity index is 832. The van der Waals surface area contributed by atoms with Crippen molar-refractivity contribution < 1.29 is 12.8 Å². The van der Waals surface area contributed by atoms with Crippen LogP contribution in [0, 0.1) is 6.92 Å². The zero-order chi connectivity index (χ0) is 19.6. The molecule has 0 fully saturated rings. The van der Waals surface area contributed by atoms with Gasteiger partial charge in [0.05, 0.1) is 11.4 Å². The summed E-state index contributed by atoms with van der Waals surface area (Å²) in [6, 6.07) is 7.73. The van der Waals surface area contributed by atoms with Crippen LogP contribution in [0.2, 0.25) is 0 Å². The van der Waals surface area contributed by atoms with E-state index in [4.69, 9.17) is 4.42 Å². The molecule has 0 saturated carbocycles. The van der Waals surface area contributed by atoms with E-state index in [0.717, 1.165) is 16.9 Å². The van der Waals surface area contributed by atoms with Gasteiger partial charge < -0.3 is 4.42 Å². The second kappa shape index (κ2) is 7.97. The van der Waals surface area contributed by atoms with E-state index in [0.29, 0.717) is 16.6 Å². The molecule has 1 heterocycles. The van der Waals surface area contributed by atoms with Gasteiger partial charge in [-0.1, -0.05) is 53.7 Å². The van der Waals surface area contributed by atoms with Crippen molar-refractivity contribution in [1.29, 1.82) is 0 Å². The molecule has 0 aliphatic carbocycles. The molecule has 2 rings (SSSR count). The SMILES string of the molecule is Cc1ccc(CNS(=O)(=O)c2c(C(C)C)cc(C(C)C)cc2C(C)C)o1. The zero-order valence-electron chi connectivity index (χ0n) is 16.9. The van der Waals surface area contributed by atoms with Crippen LogP contribution in [0.15, 0.2) is 33.6 Å². The third kappa shape index (κ3) is 4.57. The van der Waals surface area contributed by atoms with Crippen molar-refractivity contribution in [2.24, 2.45) is 0 Å². The van der Waals surface area contributed by atoms with Crippen LogP contribution in [0.4, 0.5) is 0 Å². The summed E-state index contributed by atoms with van der Waals surface area (Å²) in [6.45, 7) is 14.4. The molecule has 0 unspecified atom stereocenters. The lowest BCUT2D eigenvalue weighted by atomic mass is 9.89. The van der Waals surface area contributed by atoms with Crippen LogP contribution in [0.5, 0.6) is 0 Å². The monoisotopic (exact) mass is 377 g/mol. The molecule has 0 spiro atoms. The maximum Gasteiger partial charge on any atom is 0.241 e. The summed E-state index contributed by atoms with van der Waals surface area (Å²) in [4.78, 5) is 0.426. The second-order valence-electron chi connectivity index (χ2n) is 7.83. The summed E-state index contributed by atoms with van der Waals surface area (Å²) in [5, 5.41) is 0. The van der Waals surface area contributed by atoms with Gasteiger partial charge in [-0.15, -0.1) is 0 Å². The van der Waals surface area contributed by atoms with Gasteiger partial charge in [0.25, 0.3) is 0 Å². The Hall–Kier alpha value is -1.59. The largest absolute Gasteiger partial charge is 0.465 e. The molecule has 0 amide bonds. The Morgan fingerprint density at radius 2 is 1.46 bits per heavy atom. The molecule has 0 radical (unpaired) electrons. The molecule has 2 aromatic rings. The first-order valence-corrected chi connectivity index (χ1v) is 10.7. The van der Waals surface area contributed by atoms with Gasteiger partial charge in [0.2, 0.25) is 10.0 Å². The van der Waals surface area contributed by atoms with Crippen molar-refractivity contribution in [3.8, 4) is 0 Å². The molecule has 0 bridgehead atoms. The van der Waals surface area contributed by atoms with E-state index in [9.17, 15) is 8.42 Å². The molecule has 1 aromatic carbocycles. The fourth-order valence-corrected chi connectivity index (χ4v) is 4.70. The predicted molar refractivity (Wildman–Crippen MR) is 106 cm³/mol. The van der Waals surface area contributed by atoms with Crippen molar-refractivity contribution in [3.05, 3.63) is 52.5 Å². The van der Waals surface area contributed by atoms with Crippen LogP contribution in [-0.4, -0.2) is 8.42 Å². The molecular formula is C21H31NO3S. The molecular weight excluding hydrogens is 346 g/mol. The van der Waals surface area contributed by atoms with Gasteiger partial charge in [-0.25, -0.2) is 13.1 Å². The molecule has 5 heteroatoms. The summed E-state index contributed by atoms with van der Waals surface area (Å²) < 4.78 is 34.6. The molecule has 0 saturated heterocycles. The molecule has 26 heavy (non-hydrogen) atoms. The average Bonchev–Trinajstić information content (AvgIpc) is 2.97. The Morgan fingerprint density at radius 3 is 1.85 bits per heavy atom. The number of nitrogens with one attached hydrogen (secondary N) is 1. The van der Waals surface area contributed by atoms with E-state index in [2.05, 4.69) is 18.6 Å². The summed E-state index contributed by atoms with van der Waals surface area (Å²) in [7, 11) is -3.65. The number of aryl methyl sites for hydroxylation is 1. The topological polar surface area (TPSA) is 59.3 Å². The van der Waals surface area contributed by atoms with Gasteiger partial charge in [-0.3, -0.25) is 0 Å². The minimum atomic E-state index is -3.65. The first kappa shape index (κ1) is 20.7. The fourth-order valence-electron chi connectivity index (χ4n) is 3.02. The van der Waals surface area contributed by atoms with Crippen molar-refractivity contribution in [3.63, 3.8) is 0 Å². The third-order valence-electron chi connectivity index (χ3n) is 4.58. The van der Waals surface area contributed by atoms with Crippen molar-refractivity contribution in [2.75, 3.05) is 0 Å². The highest BCUT2D eigenvalue weighted by Gasteiger charge is 2.26. The van der Waals surface area contributed by atoms with Gasteiger partial charge in [0, 0.05) is 0 Å². The molecule has 0 aliphatic heterocycles. The number of hydrogen-bond donors (Lipinski definition) is 1. The smallest absolute Gasteiger partial charge is 0.241 e. The first-order valence-electron chi connectivity index (χ1n) is 9.25. The number of rotatable bonds is 7. The van der Waals surface area contributed by atoms with Crippen molar-refractivity contribution in [2.45, 2.75) is 77.7 Å². The summed E-state index contributed by atoms with van der Waals surface area (Å²) >= 11 is 0. The Labute approximate surface area is 158 Å². The fraction of sp³-hybridized carbons (Fsp3) is 0.524. The van der Waals surface area contributed by atoms with Gasteiger partial charge in [-0.05, 0) is 53.5 Å². The zero-order valence-corrected chi connectivity index (χ0v) is 17.7. The summed E-state index contributed by atoms with van der Waals surface area (Å²) in [5.74, 6) is 1.96. The van der Waals surface area contributed by atoms with Crippen LogP contribution in [0.3, 0.4) is 0 Å². The van der Waals surface area contributed by atoms with Gasteiger partial charge in [-0.2, -0.15) is 0 Å². The predicted octanol–water partition coefficient (Wildman–Crippen LogP) is 5.44. The van der Waals surface area contributed by atoms with Crippen molar-refractivity contribution >= 4 is 10.0 Å². The van der Waals surface area contributed by atoms with Crippen LogP contribution >= 0.6 is 0 Å². The summed E-state index contributed by atoms with van der Waals surface area (Å²) in [5.41, 5.74) is 2.93. The molecule has 144 valence electrons.